The van der Waals surface area contributed by atoms with E-state index in [1.165, 1.54) is 0 Å². The Bertz CT molecular complexity index is 587. The zero-order valence-corrected chi connectivity index (χ0v) is 12.3. The minimum absolute atomic E-state index is 0.460. The van der Waals surface area contributed by atoms with Crippen LogP contribution in [0.15, 0.2) is 30.3 Å². The lowest BCUT2D eigenvalue weighted by Crippen LogP contribution is -2.19. The fourth-order valence-electron chi connectivity index (χ4n) is 2.05. The van der Waals surface area contributed by atoms with Gasteiger partial charge in [-0.2, -0.15) is 0 Å². The lowest BCUT2D eigenvalue weighted by Gasteiger charge is -2.12. The highest BCUT2D eigenvalue weighted by atomic mass is 19.3. The molecule has 2 aromatic rings. The average molecular weight is 294 g/mol. The molecule has 0 saturated carbocycles. The number of rotatable bonds is 7. The van der Waals surface area contributed by atoms with Crippen LogP contribution >= 0.6 is 0 Å². The summed E-state index contributed by atoms with van der Waals surface area (Å²) in [5, 5.41) is 4.05. The van der Waals surface area contributed by atoms with Gasteiger partial charge in [-0.15, -0.1) is 0 Å². The monoisotopic (exact) mass is 294 g/mol. The molecule has 0 aliphatic rings. The van der Waals surface area contributed by atoms with Crippen LogP contribution in [0.5, 0.6) is 5.75 Å². The summed E-state index contributed by atoms with van der Waals surface area (Å²) in [7, 11) is 0. The van der Waals surface area contributed by atoms with Gasteiger partial charge in [-0.3, -0.25) is 4.98 Å². The summed E-state index contributed by atoms with van der Waals surface area (Å²) in [5.41, 5.74) is 1.55. The van der Waals surface area contributed by atoms with Crippen LogP contribution in [0.25, 0.3) is 10.9 Å². The maximum atomic E-state index is 12.4. The number of nitrogens with one attached hydrogen (secondary N) is 1. The highest BCUT2D eigenvalue weighted by molar-refractivity contribution is 5.85. The number of hydrogen-bond acceptors (Lipinski definition) is 3. The summed E-state index contributed by atoms with van der Waals surface area (Å²) in [5.74, 6) is 1.00. The quantitative estimate of drug-likeness (QED) is 0.847. The molecule has 1 aromatic heterocycles. The maximum Gasteiger partial charge on any atom is 0.272 e. The van der Waals surface area contributed by atoms with Gasteiger partial charge in [-0.1, -0.05) is 26.0 Å². The Morgan fingerprint density at radius 1 is 1.24 bits per heavy atom. The molecule has 3 nitrogen and oxygen atoms in total. The number of aromatic nitrogens is 1. The molecule has 0 amide bonds. The number of hydrogen-bond donors (Lipinski definition) is 1. The van der Waals surface area contributed by atoms with E-state index in [1.54, 1.807) is 6.07 Å². The van der Waals surface area contributed by atoms with E-state index in [-0.39, 0.29) is 0 Å². The zero-order valence-electron chi connectivity index (χ0n) is 12.3. The summed E-state index contributed by atoms with van der Waals surface area (Å²) < 4.78 is 30.0. The number of halogens is 2. The summed E-state index contributed by atoms with van der Waals surface area (Å²) in [6.07, 6.45) is -2.49. The van der Waals surface area contributed by atoms with Gasteiger partial charge in [0.15, 0.2) is 0 Å². The van der Waals surface area contributed by atoms with Crippen molar-refractivity contribution >= 4 is 10.9 Å². The Morgan fingerprint density at radius 2 is 2.00 bits per heavy atom. The second-order valence-electron chi connectivity index (χ2n) is 5.36. The van der Waals surface area contributed by atoms with Gasteiger partial charge in [0, 0.05) is 18.0 Å². The van der Waals surface area contributed by atoms with E-state index in [0.29, 0.717) is 18.2 Å². The number of benzene rings is 1. The molecule has 0 aliphatic carbocycles. The van der Waals surface area contributed by atoms with Gasteiger partial charge in [0.25, 0.3) is 6.43 Å². The van der Waals surface area contributed by atoms with E-state index in [0.717, 1.165) is 23.1 Å². The van der Waals surface area contributed by atoms with Crippen LogP contribution in [0, 0.1) is 5.92 Å². The number of ether oxygens (including phenoxy) is 1. The highest BCUT2D eigenvalue weighted by Crippen LogP contribution is 2.25. The first-order valence-corrected chi connectivity index (χ1v) is 7.06. The van der Waals surface area contributed by atoms with Crippen molar-refractivity contribution in [1.82, 2.24) is 10.3 Å². The van der Waals surface area contributed by atoms with E-state index in [4.69, 9.17) is 4.74 Å². The molecule has 1 heterocycles. The topological polar surface area (TPSA) is 34.1 Å². The number of para-hydroxylation sites is 1. The normalized spacial score (nSPS) is 11.5. The Balaban J connectivity index is 2.22. The first-order chi connectivity index (χ1) is 10.1. The second kappa shape index (κ2) is 7.31. The van der Waals surface area contributed by atoms with Crippen LogP contribution in [0.3, 0.4) is 0 Å². The van der Waals surface area contributed by atoms with Gasteiger partial charge >= 0.3 is 0 Å². The molecule has 1 N–H and O–H groups in total. The third-order valence-electron chi connectivity index (χ3n) is 2.95. The third-order valence-corrected chi connectivity index (χ3v) is 2.95. The van der Waals surface area contributed by atoms with Crippen molar-refractivity contribution < 1.29 is 13.5 Å². The summed E-state index contributed by atoms with van der Waals surface area (Å²) in [4.78, 5) is 4.53. The van der Waals surface area contributed by atoms with Gasteiger partial charge in [0.05, 0.1) is 11.2 Å². The first kappa shape index (κ1) is 15.6. The smallest absolute Gasteiger partial charge is 0.272 e. The minimum Gasteiger partial charge on any atom is -0.487 e. The van der Waals surface area contributed by atoms with Crippen molar-refractivity contribution in [1.29, 1.82) is 0 Å². The molecule has 0 aliphatic heterocycles. The molecule has 0 saturated heterocycles. The van der Waals surface area contributed by atoms with E-state index in [9.17, 15) is 8.78 Å². The average Bonchev–Trinajstić information content (AvgIpc) is 2.44. The molecule has 0 radical (unpaired) electrons. The highest BCUT2D eigenvalue weighted by Gasteiger charge is 2.10. The summed E-state index contributed by atoms with van der Waals surface area (Å²) >= 11 is 0. The van der Waals surface area contributed by atoms with Crippen molar-refractivity contribution in [2.45, 2.75) is 26.8 Å². The number of nitrogens with zero attached hydrogens (tertiary/aromatic N) is 1. The van der Waals surface area contributed by atoms with Crippen LogP contribution < -0.4 is 10.1 Å². The molecule has 0 fully saturated rings. The van der Waals surface area contributed by atoms with Gasteiger partial charge in [0.1, 0.15) is 12.4 Å². The van der Waals surface area contributed by atoms with Crippen LogP contribution in [0.4, 0.5) is 8.78 Å². The van der Waals surface area contributed by atoms with Crippen molar-refractivity contribution in [3.05, 3.63) is 36.0 Å². The Kier molecular flexibility index (Phi) is 5.44. The molecular formula is C16H20F2N2O. The Hall–Kier alpha value is -1.75. The Labute approximate surface area is 123 Å². The van der Waals surface area contributed by atoms with Crippen molar-refractivity contribution in [2.24, 2.45) is 5.92 Å². The van der Waals surface area contributed by atoms with E-state index < -0.39 is 13.0 Å². The predicted molar refractivity (Wildman–Crippen MR) is 79.8 cm³/mol. The number of alkyl halides is 2. The first-order valence-electron chi connectivity index (χ1n) is 7.06. The van der Waals surface area contributed by atoms with Crippen molar-refractivity contribution in [3.8, 4) is 5.75 Å². The van der Waals surface area contributed by atoms with Gasteiger partial charge in [-0.25, -0.2) is 8.78 Å². The molecule has 1 aromatic carbocycles. The molecule has 0 spiro atoms. The fourth-order valence-corrected chi connectivity index (χ4v) is 2.05. The number of fused-ring (bicyclic) bond motifs is 1. The maximum absolute atomic E-state index is 12.4. The largest absolute Gasteiger partial charge is 0.487 e. The van der Waals surface area contributed by atoms with Crippen LogP contribution in [-0.2, 0) is 6.54 Å². The summed E-state index contributed by atoms with van der Waals surface area (Å²) in [6, 6.07) is 9.14. The van der Waals surface area contributed by atoms with E-state index >= 15 is 0 Å². The standard InChI is InChI=1S/C16H20F2N2O/c1-11(2)8-19-9-12-7-15(21-10-16(17)18)13-5-3-4-6-14(13)20-12/h3-7,11,16,19H,8-10H2,1-2H3. The summed E-state index contributed by atoms with van der Waals surface area (Å²) in [6.45, 7) is 5.11. The minimum atomic E-state index is -2.49. The number of pyridine rings is 1. The predicted octanol–water partition coefficient (Wildman–Crippen LogP) is 3.62. The van der Waals surface area contributed by atoms with E-state index in [1.807, 2.05) is 24.3 Å². The molecule has 2 rings (SSSR count). The molecule has 0 unspecified atom stereocenters. The van der Waals surface area contributed by atoms with Crippen molar-refractivity contribution in [2.75, 3.05) is 13.2 Å². The molecule has 5 heteroatoms. The third kappa shape index (κ3) is 4.63. The fraction of sp³-hybridized carbons (Fsp3) is 0.438. The van der Waals surface area contributed by atoms with Gasteiger partial charge < -0.3 is 10.1 Å². The van der Waals surface area contributed by atoms with Crippen LogP contribution in [0.2, 0.25) is 0 Å². The SMILES string of the molecule is CC(C)CNCc1cc(OCC(F)F)c2ccccc2n1. The molecular weight excluding hydrogens is 274 g/mol. The van der Waals surface area contributed by atoms with Crippen LogP contribution in [-0.4, -0.2) is 24.6 Å². The Morgan fingerprint density at radius 3 is 2.71 bits per heavy atom. The lowest BCUT2D eigenvalue weighted by atomic mass is 10.1. The second-order valence-corrected chi connectivity index (χ2v) is 5.36. The molecule has 114 valence electrons. The van der Waals surface area contributed by atoms with E-state index in [2.05, 4.69) is 24.1 Å². The van der Waals surface area contributed by atoms with Gasteiger partial charge in [-0.05, 0) is 24.6 Å². The lowest BCUT2D eigenvalue weighted by molar-refractivity contribution is 0.0826. The van der Waals surface area contributed by atoms with Gasteiger partial charge in [0.2, 0.25) is 0 Å². The van der Waals surface area contributed by atoms with Crippen LogP contribution in [0.1, 0.15) is 19.5 Å². The van der Waals surface area contributed by atoms with Crippen molar-refractivity contribution in [3.63, 3.8) is 0 Å². The molecule has 0 atom stereocenters. The zero-order chi connectivity index (χ0) is 15.2. The molecule has 21 heavy (non-hydrogen) atoms. The molecule has 0 bridgehead atoms.